The fourth-order valence-corrected chi connectivity index (χ4v) is 0.882. The van der Waals surface area contributed by atoms with Crippen LogP contribution in [0.3, 0.4) is 0 Å². The van der Waals surface area contributed by atoms with E-state index in [-0.39, 0.29) is 17.2 Å². The van der Waals surface area contributed by atoms with E-state index in [1.54, 1.807) is 0 Å². The van der Waals surface area contributed by atoms with Gasteiger partial charge in [-0.1, -0.05) is 32.9 Å². The summed E-state index contributed by atoms with van der Waals surface area (Å²) >= 11 is 0. The topological polar surface area (TPSA) is 82.0 Å². The molecule has 2 N–H and O–H groups in total. The predicted molar refractivity (Wildman–Crippen MR) is 50.7 cm³/mol. The quantitative estimate of drug-likeness (QED) is 0.775. The molecule has 14 heavy (non-hydrogen) atoms. The number of hydrogen-bond acceptors (Lipinski definition) is 4. The number of aromatic nitrogens is 2. The van der Waals surface area contributed by atoms with Crippen LogP contribution < -0.4 is 5.73 Å². The predicted octanol–water partition coefficient (Wildman–Crippen LogP) is 1.32. The van der Waals surface area contributed by atoms with Crippen molar-refractivity contribution in [1.82, 2.24) is 10.1 Å². The maximum Gasteiger partial charge on any atom is 0.290 e. The number of rotatable bonds is 2. The molecule has 0 fully saturated rings. The van der Waals surface area contributed by atoms with Gasteiger partial charge in [0.05, 0.1) is 0 Å². The zero-order valence-corrected chi connectivity index (χ0v) is 8.87. The first-order chi connectivity index (χ1) is 6.32. The molecule has 0 spiro atoms. The highest BCUT2D eigenvalue weighted by Crippen LogP contribution is 2.33. The zero-order valence-electron chi connectivity index (χ0n) is 8.87. The van der Waals surface area contributed by atoms with Crippen molar-refractivity contribution in [2.75, 3.05) is 0 Å². The van der Waals surface area contributed by atoms with Crippen molar-refractivity contribution in [3.8, 4) is 0 Å². The molecule has 0 aliphatic rings. The largest absolute Gasteiger partial charge is 0.363 e. The second kappa shape index (κ2) is 3.40. The Morgan fingerprint density at radius 2 is 2.07 bits per heavy atom. The first-order valence-electron chi connectivity index (χ1n) is 4.46. The van der Waals surface area contributed by atoms with Gasteiger partial charge in [-0.25, -0.2) is 0 Å². The van der Waals surface area contributed by atoms with E-state index < -0.39 is 5.91 Å². The molecule has 5 heteroatoms. The van der Waals surface area contributed by atoms with Gasteiger partial charge in [-0.3, -0.25) is 4.79 Å². The molecule has 0 aromatic carbocycles. The highest BCUT2D eigenvalue weighted by molar-refractivity contribution is 5.88. The Morgan fingerprint density at radius 3 is 2.43 bits per heavy atom. The molecule has 1 atom stereocenters. The van der Waals surface area contributed by atoms with Crippen molar-refractivity contribution in [3.63, 3.8) is 0 Å². The second-order valence-electron chi connectivity index (χ2n) is 4.41. The lowest BCUT2D eigenvalue weighted by atomic mass is 9.82. The maximum atomic E-state index is 10.7. The Bertz CT molecular complexity index is 338. The third-order valence-corrected chi connectivity index (χ3v) is 2.33. The average Bonchev–Trinajstić information content (AvgIpc) is 2.48. The van der Waals surface area contributed by atoms with E-state index in [0.717, 1.165) is 0 Å². The number of carbonyl (C=O) groups is 1. The van der Waals surface area contributed by atoms with E-state index in [1.807, 2.05) is 6.92 Å². The summed E-state index contributed by atoms with van der Waals surface area (Å²) in [5, 5.41) is 3.49. The first kappa shape index (κ1) is 10.7. The van der Waals surface area contributed by atoms with Crippen molar-refractivity contribution < 1.29 is 9.32 Å². The summed E-state index contributed by atoms with van der Waals surface area (Å²) < 4.78 is 4.95. The highest BCUT2D eigenvalue weighted by Gasteiger charge is 2.27. The standard InChI is InChI=1S/C9H15N3O2/c1-5(9(2,3)4)8-11-7(6(10)13)12-14-8/h5H,1-4H3,(H2,10,13). The molecule has 1 heterocycles. The molecule has 1 aromatic heterocycles. The Kier molecular flexibility index (Phi) is 2.59. The third kappa shape index (κ3) is 2.10. The van der Waals surface area contributed by atoms with E-state index in [1.165, 1.54) is 0 Å². The number of nitrogens with zero attached hydrogens (tertiary/aromatic N) is 2. The van der Waals surface area contributed by atoms with Crippen molar-refractivity contribution >= 4 is 5.91 Å². The Hall–Kier alpha value is -1.39. The number of nitrogens with two attached hydrogens (primary N) is 1. The van der Waals surface area contributed by atoms with Crippen LogP contribution in [0.25, 0.3) is 0 Å². The van der Waals surface area contributed by atoms with Gasteiger partial charge < -0.3 is 10.3 Å². The van der Waals surface area contributed by atoms with E-state index >= 15 is 0 Å². The second-order valence-corrected chi connectivity index (χ2v) is 4.41. The summed E-state index contributed by atoms with van der Waals surface area (Å²) in [5.41, 5.74) is 5.03. The van der Waals surface area contributed by atoms with Crippen molar-refractivity contribution in [2.24, 2.45) is 11.1 Å². The van der Waals surface area contributed by atoms with Gasteiger partial charge in [0.25, 0.3) is 11.7 Å². The number of hydrogen-bond donors (Lipinski definition) is 1. The molecule has 1 unspecified atom stereocenters. The fraction of sp³-hybridized carbons (Fsp3) is 0.667. The lowest BCUT2D eigenvalue weighted by molar-refractivity contribution is 0.0987. The van der Waals surface area contributed by atoms with Crippen LogP contribution in [0.4, 0.5) is 0 Å². The van der Waals surface area contributed by atoms with E-state index in [2.05, 4.69) is 30.9 Å². The van der Waals surface area contributed by atoms with E-state index in [4.69, 9.17) is 10.3 Å². The van der Waals surface area contributed by atoms with Gasteiger partial charge in [0.1, 0.15) is 0 Å². The van der Waals surface area contributed by atoms with Crippen molar-refractivity contribution in [1.29, 1.82) is 0 Å². The van der Waals surface area contributed by atoms with Gasteiger partial charge in [-0.2, -0.15) is 4.98 Å². The Balaban J connectivity index is 2.92. The minimum Gasteiger partial charge on any atom is -0.363 e. The van der Waals surface area contributed by atoms with Crippen LogP contribution in [-0.2, 0) is 0 Å². The minimum atomic E-state index is -0.666. The van der Waals surface area contributed by atoms with Gasteiger partial charge in [0.2, 0.25) is 5.89 Å². The van der Waals surface area contributed by atoms with Crippen LogP contribution in [0, 0.1) is 5.41 Å². The van der Waals surface area contributed by atoms with Gasteiger partial charge in [0.15, 0.2) is 0 Å². The summed E-state index contributed by atoms with van der Waals surface area (Å²) in [6, 6.07) is 0. The van der Waals surface area contributed by atoms with Crippen LogP contribution in [0.2, 0.25) is 0 Å². The number of amides is 1. The first-order valence-corrected chi connectivity index (χ1v) is 4.46. The van der Waals surface area contributed by atoms with Gasteiger partial charge in [-0.15, -0.1) is 0 Å². The van der Waals surface area contributed by atoms with Crippen molar-refractivity contribution in [3.05, 3.63) is 11.7 Å². The molecule has 0 saturated heterocycles. The molecule has 78 valence electrons. The monoisotopic (exact) mass is 197 g/mol. The molecule has 1 amide bonds. The fourth-order valence-electron chi connectivity index (χ4n) is 0.882. The number of carbonyl (C=O) groups excluding carboxylic acids is 1. The molecule has 0 radical (unpaired) electrons. The minimum absolute atomic E-state index is 0.0153. The summed E-state index contributed by atoms with van der Waals surface area (Å²) in [7, 11) is 0. The van der Waals surface area contributed by atoms with Crippen LogP contribution in [-0.4, -0.2) is 16.0 Å². The molecule has 5 nitrogen and oxygen atoms in total. The normalized spacial score (nSPS) is 14.0. The molecule has 1 aromatic rings. The molecule has 1 rings (SSSR count). The third-order valence-electron chi connectivity index (χ3n) is 2.33. The summed E-state index contributed by atoms with van der Waals surface area (Å²) in [5.74, 6) is -0.188. The molecule has 0 bridgehead atoms. The van der Waals surface area contributed by atoms with Gasteiger partial charge >= 0.3 is 0 Å². The van der Waals surface area contributed by atoms with Gasteiger partial charge in [-0.05, 0) is 5.41 Å². The van der Waals surface area contributed by atoms with Crippen molar-refractivity contribution in [2.45, 2.75) is 33.6 Å². The molecule has 0 saturated carbocycles. The molecular weight excluding hydrogens is 182 g/mol. The summed E-state index contributed by atoms with van der Waals surface area (Å²) in [6.45, 7) is 8.15. The van der Waals surface area contributed by atoms with Crippen LogP contribution >= 0.6 is 0 Å². The lowest BCUT2D eigenvalue weighted by Crippen LogP contribution is -2.17. The lowest BCUT2D eigenvalue weighted by Gasteiger charge is -2.23. The van der Waals surface area contributed by atoms with E-state index in [0.29, 0.717) is 5.89 Å². The number of primary amides is 1. The van der Waals surface area contributed by atoms with Crippen LogP contribution in [0.1, 0.15) is 50.1 Å². The zero-order chi connectivity index (χ0) is 10.9. The van der Waals surface area contributed by atoms with Crippen LogP contribution in [0.15, 0.2) is 4.52 Å². The summed E-state index contributed by atoms with van der Waals surface area (Å²) in [6.07, 6.45) is 0. The summed E-state index contributed by atoms with van der Waals surface area (Å²) in [4.78, 5) is 14.6. The Labute approximate surface area is 82.7 Å². The molecule has 0 aliphatic heterocycles. The molecule has 0 aliphatic carbocycles. The molecular formula is C9H15N3O2. The average molecular weight is 197 g/mol. The van der Waals surface area contributed by atoms with Gasteiger partial charge in [0, 0.05) is 5.92 Å². The van der Waals surface area contributed by atoms with E-state index in [9.17, 15) is 4.79 Å². The SMILES string of the molecule is CC(c1nc(C(N)=O)no1)C(C)(C)C. The maximum absolute atomic E-state index is 10.7. The highest BCUT2D eigenvalue weighted by atomic mass is 16.5. The Morgan fingerprint density at radius 1 is 1.50 bits per heavy atom. The van der Waals surface area contributed by atoms with Crippen LogP contribution in [0.5, 0.6) is 0 Å². The smallest absolute Gasteiger partial charge is 0.290 e.